The lowest BCUT2D eigenvalue weighted by Crippen LogP contribution is -2.74. The molecule has 0 N–H and O–H groups in total. The van der Waals surface area contributed by atoms with Gasteiger partial charge in [-0.3, -0.25) is 4.79 Å². The molecule has 0 amide bonds. The van der Waals surface area contributed by atoms with E-state index in [1.54, 1.807) is 6.08 Å². The van der Waals surface area contributed by atoms with Crippen molar-refractivity contribution in [3.8, 4) is 0 Å². The zero-order valence-electron chi connectivity index (χ0n) is 16.7. The molecule has 2 aliphatic carbocycles. The molecule has 3 atom stereocenters. The third-order valence-corrected chi connectivity index (χ3v) is 5.76. The Labute approximate surface area is 188 Å². The Hall–Kier alpha value is -1.98. The number of carbonyl (C=O) groups is 1. The Morgan fingerprint density at radius 3 is 1.39 bits per heavy atom. The summed E-state index contributed by atoms with van der Waals surface area (Å²) >= 11 is 0. The van der Waals surface area contributed by atoms with Gasteiger partial charge in [0.15, 0.2) is 6.61 Å². The highest BCUT2D eigenvalue weighted by Gasteiger charge is 2.95. The molecular weight excluding hydrogens is 559 g/mol. The van der Waals surface area contributed by atoms with E-state index in [1.807, 2.05) is 0 Å². The fourth-order valence-electron chi connectivity index (χ4n) is 3.61. The second-order valence-corrected chi connectivity index (χ2v) is 8.14. The van der Waals surface area contributed by atoms with Gasteiger partial charge in [0.2, 0.25) is 0 Å². The summed E-state index contributed by atoms with van der Waals surface area (Å²) in [6.45, 7) is -3.19. The number of hydrogen-bond acceptors (Lipinski definition) is 2. The SMILES string of the molecule is O=C(OCC(F)(F)C(F)(F)C(F)(F)C(F)(F)C(F)(F)C(F)(F)C(F)(F)C(F)(F)F)C1CC2C=CC1C2. The number of ether oxygens (including phenoxy) is 1. The van der Waals surface area contributed by atoms with Crippen LogP contribution in [0.25, 0.3) is 0 Å². The molecule has 0 spiro atoms. The highest BCUT2D eigenvalue weighted by atomic mass is 19.4. The van der Waals surface area contributed by atoms with Crippen molar-refractivity contribution in [1.29, 1.82) is 0 Å². The zero-order chi connectivity index (χ0) is 28.6. The summed E-state index contributed by atoms with van der Waals surface area (Å²) in [5.41, 5.74) is 0. The molecule has 0 aromatic heterocycles. The summed E-state index contributed by atoms with van der Waals surface area (Å²) in [5.74, 6) is -61.0. The van der Waals surface area contributed by atoms with Crippen LogP contribution >= 0.6 is 0 Å². The first-order chi connectivity index (χ1) is 15.7. The molecule has 19 heteroatoms. The average Bonchev–Trinajstić information content (AvgIpc) is 3.34. The number of alkyl halides is 17. The van der Waals surface area contributed by atoms with E-state index >= 15 is 0 Å². The van der Waals surface area contributed by atoms with E-state index in [0.29, 0.717) is 0 Å². The minimum absolute atomic E-state index is 0.0785. The largest absolute Gasteiger partial charge is 0.460 e. The van der Waals surface area contributed by atoms with Gasteiger partial charge in [-0.15, -0.1) is 0 Å². The van der Waals surface area contributed by atoms with E-state index < -0.39 is 72.0 Å². The van der Waals surface area contributed by atoms with Gasteiger partial charge in [0, 0.05) is 0 Å². The lowest BCUT2D eigenvalue weighted by Gasteiger charge is -2.42. The van der Waals surface area contributed by atoms with Crippen LogP contribution in [0.15, 0.2) is 12.2 Å². The van der Waals surface area contributed by atoms with E-state index in [-0.39, 0.29) is 18.8 Å². The van der Waals surface area contributed by atoms with E-state index in [1.165, 1.54) is 6.08 Å². The molecule has 0 aromatic rings. The Morgan fingerprint density at radius 1 is 0.611 bits per heavy atom. The summed E-state index contributed by atoms with van der Waals surface area (Å²) in [4.78, 5) is 11.8. The lowest BCUT2D eigenvalue weighted by molar-refractivity contribution is -0.462. The average molecular weight is 570 g/mol. The molecule has 1 saturated carbocycles. The highest BCUT2D eigenvalue weighted by molar-refractivity contribution is 5.74. The smallest absolute Gasteiger partial charge is 0.459 e. The Bertz CT molecular complexity index is 888. The molecule has 1 fully saturated rings. The van der Waals surface area contributed by atoms with Crippen LogP contribution in [0.5, 0.6) is 0 Å². The first kappa shape index (κ1) is 30.2. The van der Waals surface area contributed by atoms with Gasteiger partial charge in [0.05, 0.1) is 5.92 Å². The van der Waals surface area contributed by atoms with Gasteiger partial charge in [-0.1, -0.05) is 12.2 Å². The molecule has 3 unspecified atom stereocenters. The Morgan fingerprint density at radius 2 is 1.03 bits per heavy atom. The minimum atomic E-state index is -8.69. The summed E-state index contributed by atoms with van der Waals surface area (Å²) < 4.78 is 228. The molecule has 210 valence electrons. The Balaban J connectivity index is 2.35. The van der Waals surface area contributed by atoms with Crippen LogP contribution in [0.1, 0.15) is 12.8 Å². The van der Waals surface area contributed by atoms with Crippen molar-refractivity contribution in [2.75, 3.05) is 6.61 Å². The molecule has 0 saturated heterocycles. The maximum atomic E-state index is 13.8. The molecule has 2 rings (SSSR count). The molecular formula is C17H11F17O2. The van der Waals surface area contributed by atoms with Crippen LogP contribution in [0.4, 0.5) is 74.6 Å². The third kappa shape index (κ3) is 3.98. The van der Waals surface area contributed by atoms with Gasteiger partial charge in [-0.05, 0) is 24.7 Å². The summed E-state index contributed by atoms with van der Waals surface area (Å²) in [7, 11) is 0. The Kier molecular flexibility index (Phi) is 6.94. The van der Waals surface area contributed by atoms with Crippen molar-refractivity contribution in [3.05, 3.63) is 12.2 Å². The molecule has 0 aromatic carbocycles. The fourth-order valence-corrected chi connectivity index (χ4v) is 3.61. The van der Waals surface area contributed by atoms with Gasteiger partial charge in [0.1, 0.15) is 0 Å². The minimum Gasteiger partial charge on any atom is -0.459 e. The molecule has 2 aliphatic rings. The molecule has 0 heterocycles. The van der Waals surface area contributed by atoms with Gasteiger partial charge in [0.25, 0.3) is 0 Å². The fraction of sp³-hybridized carbons (Fsp3) is 0.824. The summed E-state index contributed by atoms with van der Waals surface area (Å²) in [6.07, 6.45) is -4.63. The number of hydrogen-bond donors (Lipinski definition) is 0. The highest BCUT2D eigenvalue weighted by Crippen LogP contribution is 2.64. The number of allylic oxidation sites excluding steroid dienone is 2. The molecule has 0 radical (unpaired) electrons. The first-order valence-electron chi connectivity index (χ1n) is 9.27. The topological polar surface area (TPSA) is 26.3 Å². The number of rotatable bonds is 9. The monoisotopic (exact) mass is 570 g/mol. The van der Waals surface area contributed by atoms with Crippen molar-refractivity contribution in [1.82, 2.24) is 0 Å². The van der Waals surface area contributed by atoms with Gasteiger partial charge < -0.3 is 4.74 Å². The van der Waals surface area contributed by atoms with Gasteiger partial charge >= 0.3 is 53.6 Å². The van der Waals surface area contributed by atoms with Crippen molar-refractivity contribution in [2.24, 2.45) is 17.8 Å². The second-order valence-electron chi connectivity index (χ2n) is 8.14. The van der Waals surface area contributed by atoms with Crippen molar-refractivity contribution in [2.45, 2.75) is 60.5 Å². The van der Waals surface area contributed by atoms with Gasteiger partial charge in [-0.25, -0.2) is 0 Å². The maximum Gasteiger partial charge on any atom is 0.460 e. The molecule has 36 heavy (non-hydrogen) atoms. The van der Waals surface area contributed by atoms with Crippen LogP contribution in [-0.4, -0.2) is 60.2 Å². The molecule has 2 bridgehead atoms. The molecule has 2 nitrogen and oxygen atoms in total. The van der Waals surface area contributed by atoms with E-state index in [2.05, 4.69) is 4.74 Å². The standard InChI is InChI=1S/C17H11F17O2/c18-10(19,5-36-9(35)8-4-6-1-2-7(8)3-6)11(20,21)12(22,23)13(24,25)14(26,27)15(28,29)16(30,31)17(32,33)34/h1-2,6-8H,3-5H2. The number of esters is 1. The summed E-state index contributed by atoms with van der Waals surface area (Å²) in [6, 6.07) is 0. The lowest BCUT2D eigenvalue weighted by atomic mass is 9.89. The van der Waals surface area contributed by atoms with Crippen LogP contribution in [0.3, 0.4) is 0 Å². The van der Waals surface area contributed by atoms with Crippen LogP contribution in [0.2, 0.25) is 0 Å². The third-order valence-electron chi connectivity index (χ3n) is 5.76. The quantitative estimate of drug-likeness (QED) is 0.174. The first-order valence-corrected chi connectivity index (χ1v) is 9.27. The van der Waals surface area contributed by atoms with E-state index in [9.17, 15) is 79.4 Å². The van der Waals surface area contributed by atoms with E-state index in [0.717, 1.165) is 0 Å². The normalized spacial score (nSPS) is 24.4. The van der Waals surface area contributed by atoms with Crippen LogP contribution in [-0.2, 0) is 9.53 Å². The van der Waals surface area contributed by atoms with Crippen LogP contribution < -0.4 is 0 Å². The van der Waals surface area contributed by atoms with Crippen LogP contribution in [0, 0.1) is 17.8 Å². The predicted octanol–water partition coefficient (Wildman–Crippen LogP) is 6.75. The maximum absolute atomic E-state index is 13.8. The van der Waals surface area contributed by atoms with Crippen molar-refractivity contribution in [3.63, 3.8) is 0 Å². The van der Waals surface area contributed by atoms with E-state index in [4.69, 9.17) is 0 Å². The predicted molar refractivity (Wildman–Crippen MR) is 80.5 cm³/mol. The molecule has 0 aliphatic heterocycles. The van der Waals surface area contributed by atoms with Crippen molar-refractivity contribution >= 4 is 5.97 Å². The zero-order valence-corrected chi connectivity index (χ0v) is 16.7. The van der Waals surface area contributed by atoms with Gasteiger partial charge in [-0.2, -0.15) is 74.6 Å². The second kappa shape index (κ2) is 8.26. The number of carbonyl (C=O) groups excluding carboxylic acids is 1. The number of halogens is 17. The number of fused-ring (bicyclic) bond motifs is 2. The summed E-state index contributed by atoms with van der Waals surface area (Å²) in [5, 5.41) is 0. The van der Waals surface area contributed by atoms with Crippen molar-refractivity contribution < 1.29 is 84.2 Å².